The third-order valence-electron chi connectivity index (χ3n) is 1.13. The molecule has 0 radical (unpaired) electrons. The van der Waals surface area contributed by atoms with Gasteiger partial charge in [0.1, 0.15) is 6.67 Å². The van der Waals surface area contributed by atoms with E-state index in [-0.39, 0.29) is 6.67 Å². The second kappa shape index (κ2) is 9.89. The average molecular weight is 220 g/mol. The molecule has 0 saturated carbocycles. The highest BCUT2D eigenvalue weighted by molar-refractivity contribution is 8.07. The summed E-state index contributed by atoms with van der Waals surface area (Å²) in [4.78, 5) is 0. The molecule has 0 aliphatic heterocycles. The number of hydrogen-bond donors (Lipinski definition) is 0. The first kappa shape index (κ1) is 12.8. The van der Waals surface area contributed by atoms with Gasteiger partial charge in [-0.1, -0.05) is 30.3 Å². The van der Waals surface area contributed by atoms with E-state index in [2.05, 4.69) is 3.63 Å². The van der Waals surface area contributed by atoms with Crippen molar-refractivity contribution in [3.05, 3.63) is 35.9 Å². The van der Waals surface area contributed by atoms with Crippen molar-refractivity contribution < 1.29 is 8.02 Å². The largest absolute Gasteiger partial charge is 0.248 e. The number of halogens is 1. The molecule has 4 heteroatoms. The maximum absolute atomic E-state index is 11.7. The molecule has 0 fully saturated rings. The maximum Gasteiger partial charge on any atom is 0.115 e. The van der Waals surface area contributed by atoms with Crippen molar-refractivity contribution in [2.75, 3.05) is 12.5 Å². The van der Waals surface area contributed by atoms with E-state index in [1.807, 2.05) is 30.7 Å². The van der Waals surface area contributed by atoms with E-state index in [0.717, 1.165) is 5.56 Å². The average Bonchev–Trinajstić information content (AvgIpc) is 2.21. The quantitative estimate of drug-likeness (QED) is 0.719. The van der Waals surface area contributed by atoms with E-state index in [9.17, 15) is 4.39 Å². The Morgan fingerprint density at radius 3 is 1.92 bits per heavy atom. The first-order valence-corrected chi connectivity index (χ1v) is 5.98. The van der Waals surface area contributed by atoms with E-state index in [0.29, 0.717) is 0 Å². The lowest BCUT2D eigenvalue weighted by Gasteiger charge is -1.87. The smallest absolute Gasteiger partial charge is 0.115 e. The van der Waals surface area contributed by atoms with Gasteiger partial charge in [0.2, 0.25) is 0 Å². The van der Waals surface area contributed by atoms with Crippen LogP contribution in [0.1, 0.15) is 5.56 Å². The summed E-state index contributed by atoms with van der Waals surface area (Å²) < 4.78 is 16.4. The Labute approximate surface area is 87.5 Å². The van der Waals surface area contributed by atoms with Crippen LogP contribution in [0.2, 0.25) is 0 Å². The number of hydrogen-bond acceptors (Lipinski definition) is 3. The zero-order chi connectivity index (χ0) is 9.94. The Kier molecular flexibility index (Phi) is 9.75. The van der Waals surface area contributed by atoms with Gasteiger partial charge in [-0.15, -0.1) is 0 Å². The summed E-state index contributed by atoms with van der Waals surface area (Å²) in [6.07, 6.45) is 3.77. The minimum absolute atomic E-state index is 0.360. The Hall–Kier alpha value is -0.190. The molecule has 0 amide bonds. The van der Waals surface area contributed by atoms with E-state index < -0.39 is 0 Å². The van der Waals surface area contributed by atoms with Crippen molar-refractivity contribution in [3.8, 4) is 0 Å². The molecule has 74 valence electrons. The van der Waals surface area contributed by atoms with Crippen molar-refractivity contribution >= 4 is 24.1 Å². The zero-order valence-corrected chi connectivity index (χ0v) is 9.33. The SMILES string of the molecule is CSOSC.FCc1ccccc1. The van der Waals surface area contributed by atoms with Crippen molar-refractivity contribution in [2.45, 2.75) is 6.67 Å². The fourth-order valence-electron chi connectivity index (χ4n) is 0.635. The van der Waals surface area contributed by atoms with Crippen LogP contribution >= 0.6 is 24.1 Å². The van der Waals surface area contributed by atoms with Crippen LogP contribution in [0.4, 0.5) is 4.39 Å². The number of rotatable bonds is 3. The van der Waals surface area contributed by atoms with Crippen LogP contribution in [0.3, 0.4) is 0 Å². The Morgan fingerprint density at radius 2 is 1.69 bits per heavy atom. The topological polar surface area (TPSA) is 9.23 Å². The van der Waals surface area contributed by atoms with Gasteiger partial charge in [0.25, 0.3) is 0 Å². The van der Waals surface area contributed by atoms with Crippen molar-refractivity contribution in [3.63, 3.8) is 0 Å². The molecule has 0 saturated heterocycles. The van der Waals surface area contributed by atoms with E-state index in [1.54, 1.807) is 12.1 Å². The first-order chi connectivity index (χ1) is 6.35. The molecule has 0 spiro atoms. The molecule has 1 rings (SSSR count). The van der Waals surface area contributed by atoms with Gasteiger partial charge in [-0.3, -0.25) is 0 Å². The molecule has 1 nitrogen and oxygen atoms in total. The summed E-state index contributed by atoms with van der Waals surface area (Å²) >= 11 is 2.73. The fraction of sp³-hybridized carbons (Fsp3) is 0.333. The van der Waals surface area contributed by atoms with Crippen LogP contribution in [0.25, 0.3) is 0 Å². The van der Waals surface area contributed by atoms with E-state index in [4.69, 9.17) is 0 Å². The number of benzene rings is 1. The molecule has 1 aromatic rings. The molecule has 0 aromatic heterocycles. The van der Waals surface area contributed by atoms with Crippen LogP contribution in [0, 0.1) is 0 Å². The highest BCUT2D eigenvalue weighted by atomic mass is 32.2. The summed E-state index contributed by atoms with van der Waals surface area (Å²) in [7, 11) is 0. The predicted octanol–water partition coefficient (Wildman–Crippen LogP) is 3.72. The van der Waals surface area contributed by atoms with Crippen LogP contribution < -0.4 is 0 Å². The lowest BCUT2D eigenvalue weighted by atomic mass is 10.2. The van der Waals surface area contributed by atoms with Gasteiger partial charge < -0.3 is 0 Å². The summed E-state index contributed by atoms with van der Waals surface area (Å²) in [6, 6.07) is 9.06. The summed E-state index contributed by atoms with van der Waals surface area (Å²) in [5, 5.41) is 0. The van der Waals surface area contributed by atoms with Gasteiger partial charge in [-0.25, -0.2) is 8.02 Å². The van der Waals surface area contributed by atoms with Crippen molar-refractivity contribution in [1.82, 2.24) is 0 Å². The minimum atomic E-state index is -0.360. The van der Waals surface area contributed by atoms with E-state index in [1.165, 1.54) is 24.1 Å². The predicted molar refractivity (Wildman–Crippen MR) is 59.4 cm³/mol. The van der Waals surface area contributed by atoms with Gasteiger partial charge >= 0.3 is 0 Å². The second-order valence-electron chi connectivity index (χ2n) is 2.02. The molecule has 0 N–H and O–H groups in total. The Morgan fingerprint density at radius 1 is 1.15 bits per heavy atom. The van der Waals surface area contributed by atoms with Gasteiger partial charge in [-0.2, -0.15) is 0 Å². The third kappa shape index (κ3) is 8.15. The second-order valence-corrected chi connectivity index (χ2v) is 3.23. The molecule has 0 heterocycles. The van der Waals surface area contributed by atoms with Gasteiger partial charge in [-0.05, 0) is 5.56 Å². The molecule has 13 heavy (non-hydrogen) atoms. The molecule has 0 aliphatic carbocycles. The standard InChI is InChI=1S/C7H7F.C2H6OS2/c8-6-7-4-2-1-3-5-7;1-4-3-5-2/h1-5H,6H2;1-2H3. The highest BCUT2D eigenvalue weighted by Gasteiger charge is 1.82. The van der Waals surface area contributed by atoms with Crippen molar-refractivity contribution in [2.24, 2.45) is 0 Å². The highest BCUT2D eigenvalue weighted by Crippen LogP contribution is 2.04. The molecular formula is C9H13FOS2. The van der Waals surface area contributed by atoms with Crippen LogP contribution in [-0.4, -0.2) is 12.5 Å². The molecule has 0 bridgehead atoms. The monoisotopic (exact) mass is 220 g/mol. The van der Waals surface area contributed by atoms with Gasteiger partial charge in [0.15, 0.2) is 0 Å². The van der Waals surface area contributed by atoms with Crippen LogP contribution in [-0.2, 0) is 10.3 Å². The molecular weight excluding hydrogens is 207 g/mol. The maximum atomic E-state index is 11.7. The lowest BCUT2D eigenvalue weighted by Crippen LogP contribution is -1.72. The van der Waals surface area contributed by atoms with E-state index >= 15 is 0 Å². The molecule has 0 atom stereocenters. The molecule has 0 unspecified atom stereocenters. The van der Waals surface area contributed by atoms with Crippen molar-refractivity contribution in [1.29, 1.82) is 0 Å². The van der Waals surface area contributed by atoms with Crippen LogP contribution in [0.5, 0.6) is 0 Å². The fourth-order valence-corrected chi connectivity index (χ4v) is 1.18. The minimum Gasteiger partial charge on any atom is -0.248 e. The zero-order valence-electron chi connectivity index (χ0n) is 7.70. The third-order valence-corrected chi connectivity index (χ3v) is 2.22. The summed E-state index contributed by atoms with van der Waals surface area (Å²) in [5.74, 6) is 0. The summed E-state index contributed by atoms with van der Waals surface area (Å²) in [5.41, 5.74) is 0.743. The van der Waals surface area contributed by atoms with Gasteiger partial charge in [0, 0.05) is 36.6 Å². The summed E-state index contributed by atoms with van der Waals surface area (Å²) in [6.45, 7) is -0.360. The Bertz CT molecular complexity index is 192. The first-order valence-electron chi connectivity index (χ1n) is 3.68. The van der Waals surface area contributed by atoms with Gasteiger partial charge in [0.05, 0.1) is 0 Å². The molecule has 0 aliphatic rings. The normalized spacial score (nSPS) is 8.85. The number of alkyl halides is 1. The lowest BCUT2D eigenvalue weighted by molar-refractivity contribution is 0.485. The van der Waals surface area contributed by atoms with Crippen LogP contribution in [0.15, 0.2) is 30.3 Å². The Balaban J connectivity index is 0.000000252. The molecule has 1 aromatic carbocycles.